The van der Waals surface area contributed by atoms with Crippen molar-refractivity contribution in [3.05, 3.63) is 0 Å². The molecule has 0 aromatic carbocycles. The molecule has 0 bridgehead atoms. The molecule has 1 saturated heterocycles. The molecule has 1 aliphatic rings. The zero-order valence-corrected chi connectivity index (χ0v) is 21.8. The lowest BCUT2D eigenvalue weighted by molar-refractivity contribution is -0.157. The van der Waals surface area contributed by atoms with Crippen molar-refractivity contribution < 1.29 is 28.6 Å². The van der Waals surface area contributed by atoms with Crippen molar-refractivity contribution >= 4 is 20.4 Å². The first kappa shape index (κ1) is 26.9. The number of hydrogen-bond acceptors (Lipinski definition) is 6. The number of carbonyl (C=O) groups excluding carboxylic acids is 2. The summed E-state index contributed by atoms with van der Waals surface area (Å²) in [6.45, 7) is 21.9. The monoisotopic (exact) mass is 445 g/mol. The van der Waals surface area contributed by atoms with E-state index in [0.717, 1.165) is 0 Å². The van der Waals surface area contributed by atoms with E-state index in [9.17, 15) is 14.7 Å². The minimum absolute atomic E-state index is 0.0248. The van der Waals surface area contributed by atoms with Crippen molar-refractivity contribution in [1.29, 1.82) is 0 Å². The van der Waals surface area contributed by atoms with E-state index in [1.165, 1.54) is 4.90 Å². The van der Waals surface area contributed by atoms with Crippen LogP contribution in [0.1, 0.15) is 75.2 Å². The fourth-order valence-corrected chi connectivity index (χ4v) is 4.45. The number of ether oxygens (including phenoxy) is 2. The second-order valence-electron chi connectivity index (χ2n) is 11.8. The van der Waals surface area contributed by atoms with Crippen molar-refractivity contribution in [2.24, 2.45) is 0 Å². The number of carbonyl (C=O) groups is 2. The van der Waals surface area contributed by atoms with Gasteiger partial charge in [0, 0.05) is 6.54 Å². The summed E-state index contributed by atoms with van der Waals surface area (Å²) in [6, 6.07) is -0.567. The van der Waals surface area contributed by atoms with Crippen LogP contribution in [0.5, 0.6) is 0 Å². The molecule has 1 rings (SSSR count). The minimum atomic E-state index is -2.06. The third-order valence-corrected chi connectivity index (χ3v) is 9.98. The number of nitrogens with zero attached hydrogens (tertiary/aromatic N) is 1. The molecular formula is C22H43NO6Si. The summed E-state index contributed by atoms with van der Waals surface area (Å²) in [5.74, 6) is -0.493. The summed E-state index contributed by atoms with van der Waals surface area (Å²) in [6.07, 6.45) is -1.50. The number of hydrogen-bond donors (Lipinski definition) is 1. The van der Waals surface area contributed by atoms with E-state index in [4.69, 9.17) is 13.9 Å². The van der Waals surface area contributed by atoms with Gasteiger partial charge in [0.2, 0.25) is 0 Å². The summed E-state index contributed by atoms with van der Waals surface area (Å²) < 4.78 is 17.4. The molecular weight excluding hydrogens is 402 g/mol. The van der Waals surface area contributed by atoms with Crippen LogP contribution in [0.25, 0.3) is 0 Å². The Kier molecular flexibility index (Phi) is 8.22. The minimum Gasteiger partial charge on any atom is -0.460 e. The molecule has 1 fully saturated rings. The van der Waals surface area contributed by atoms with Crippen molar-refractivity contribution in [1.82, 2.24) is 4.90 Å². The maximum absolute atomic E-state index is 12.8. The van der Waals surface area contributed by atoms with Crippen molar-refractivity contribution in [3.63, 3.8) is 0 Å². The lowest BCUT2D eigenvalue weighted by atomic mass is 10.0. The van der Waals surface area contributed by atoms with E-state index in [1.54, 1.807) is 41.5 Å². The molecule has 8 heteroatoms. The van der Waals surface area contributed by atoms with Crippen molar-refractivity contribution in [3.8, 4) is 0 Å². The summed E-state index contributed by atoms with van der Waals surface area (Å²) in [7, 11) is -2.06. The van der Waals surface area contributed by atoms with Gasteiger partial charge < -0.3 is 19.0 Å². The molecule has 0 aromatic heterocycles. The maximum atomic E-state index is 12.8. The van der Waals surface area contributed by atoms with Crippen LogP contribution in [-0.4, -0.2) is 66.4 Å². The molecule has 30 heavy (non-hydrogen) atoms. The second-order valence-corrected chi connectivity index (χ2v) is 16.6. The summed E-state index contributed by atoms with van der Waals surface area (Å²) in [5.41, 5.74) is -1.29. The van der Waals surface area contributed by atoms with Crippen LogP contribution in [-0.2, 0) is 18.7 Å². The van der Waals surface area contributed by atoms with Crippen LogP contribution in [0.15, 0.2) is 0 Å². The molecule has 7 nitrogen and oxygen atoms in total. The largest absolute Gasteiger partial charge is 0.460 e. The Morgan fingerprint density at radius 1 is 1.00 bits per heavy atom. The van der Waals surface area contributed by atoms with E-state index >= 15 is 0 Å². The molecule has 0 radical (unpaired) electrons. The Bertz CT molecular complexity index is 615. The van der Waals surface area contributed by atoms with Gasteiger partial charge in [0.15, 0.2) is 8.32 Å². The summed E-state index contributed by atoms with van der Waals surface area (Å²) in [4.78, 5) is 26.6. The van der Waals surface area contributed by atoms with Gasteiger partial charge in [-0.05, 0) is 66.1 Å². The highest BCUT2D eigenvalue weighted by molar-refractivity contribution is 6.74. The molecule has 0 unspecified atom stereocenters. The third kappa shape index (κ3) is 8.19. The van der Waals surface area contributed by atoms with Gasteiger partial charge >= 0.3 is 12.1 Å². The lowest BCUT2D eigenvalue weighted by Crippen LogP contribution is -2.46. The van der Waals surface area contributed by atoms with Crippen LogP contribution >= 0.6 is 0 Å². The van der Waals surface area contributed by atoms with Gasteiger partial charge in [-0.25, -0.2) is 4.79 Å². The van der Waals surface area contributed by atoms with E-state index in [-0.39, 0.29) is 17.6 Å². The molecule has 1 amide bonds. The van der Waals surface area contributed by atoms with Crippen LogP contribution in [0.3, 0.4) is 0 Å². The van der Waals surface area contributed by atoms with Crippen LogP contribution in [0.2, 0.25) is 18.1 Å². The van der Waals surface area contributed by atoms with Crippen molar-refractivity contribution in [2.45, 2.75) is 123 Å². The average molecular weight is 446 g/mol. The Balaban J connectivity index is 3.00. The number of aliphatic hydroxyl groups excluding tert-OH is 1. The molecule has 1 heterocycles. The molecule has 0 aliphatic carbocycles. The quantitative estimate of drug-likeness (QED) is 0.496. The molecule has 176 valence electrons. The molecule has 0 aromatic rings. The van der Waals surface area contributed by atoms with E-state index in [0.29, 0.717) is 13.0 Å². The SMILES string of the molecule is CC(C)(C)OC(=O)C[C@@H](O)[C@@H]1C[C@@H](O[Si](C)(C)C(C)(C)C)CN1C(=O)OC(C)(C)C. The fourth-order valence-electron chi connectivity index (χ4n) is 3.09. The van der Waals surface area contributed by atoms with Crippen molar-refractivity contribution in [2.75, 3.05) is 6.54 Å². The second kappa shape index (κ2) is 9.16. The van der Waals surface area contributed by atoms with Crippen LogP contribution in [0.4, 0.5) is 4.79 Å². The van der Waals surface area contributed by atoms with Crippen LogP contribution < -0.4 is 0 Å². The first-order chi connectivity index (χ1) is 13.2. The predicted molar refractivity (Wildman–Crippen MR) is 120 cm³/mol. The molecule has 1 N–H and O–H groups in total. The van der Waals surface area contributed by atoms with Gasteiger partial charge in [0.05, 0.1) is 24.7 Å². The Morgan fingerprint density at radius 2 is 1.50 bits per heavy atom. The first-order valence-electron chi connectivity index (χ1n) is 10.8. The zero-order valence-electron chi connectivity index (χ0n) is 20.8. The third-order valence-electron chi connectivity index (χ3n) is 5.44. The van der Waals surface area contributed by atoms with E-state index in [2.05, 4.69) is 33.9 Å². The van der Waals surface area contributed by atoms with Gasteiger partial charge in [-0.2, -0.15) is 0 Å². The molecule has 0 saturated carbocycles. The van der Waals surface area contributed by atoms with Gasteiger partial charge in [0.25, 0.3) is 0 Å². The number of rotatable bonds is 5. The van der Waals surface area contributed by atoms with Gasteiger partial charge in [0.1, 0.15) is 11.2 Å². The summed E-state index contributed by atoms with van der Waals surface area (Å²) >= 11 is 0. The summed E-state index contributed by atoms with van der Waals surface area (Å²) in [5, 5.41) is 10.8. The average Bonchev–Trinajstić information content (AvgIpc) is 2.85. The highest BCUT2D eigenvalue weighted by atomic mass is 28.4. The Morgan fingerprint density at radius 3 is 1.93 bits per heavy atom. The highest BCUT2D eigenvalue weighted by Crippen LogP contribution is 2.39. The number of amides is 1. The predicted octanol–water partition coefficient (Wildman–Crippen LogP) is 4.48. The maximum Gasteiger partial charge on any atom is 0.410 e. The molecule has 0 spiro atoms. The van der Waals surface area contributed by atoms with Gasteiger partial charge in [-0.3, -0.25) is 9.69 Å². The van der Waals surface area contributed by atoms with E-state index in [1.807, 2.05) is 0 Å². The van der Waals surface area contributed by atoms with Crippen LogP contribution in [0, 0.1) is 0 Å². The number of likely N-dealkylation sites (tertiary alicyclic amines) is 1. The Labute approximate surface area is 183 Å². The standard InChI is InChI=1S/C22H43NO6Si/c1-20(2,3)27-18(25)13-17(24)16-12-15(29-30(10,11)22(7,8)9)14-23(16)19(26)28-21(4,5)6/h15-17,24H,12-14H2,1-11H3/t15-,16+,17-/m1/s1. The highest BCUT2D eigenvalue weighted by Gasteiger charge is 2.46. The number of aliphatic hydroxyl groups is 1. The van der Waals surface area contributed by atoms with E-state index < -0.39 is 43.7 Å². The zero-order chi connectivity index (χ0) is 23.7. The fraction of sp³-hybridized carbons (Fsp3) is 0.909. The molecule has 1 aliphatic heterocycles. The topological polar surface area (TPSA) is 85.3 Å². The smallest absolute Gasteiger partial charge is 0.410 e. The number of esters is 1. The molecule has 3 atom stereocenters. The lowest BCUT2D eigenvalue weighted by Gasteiger charge is -2.38. The van der Waals surface area contributed by atoms with Gasteiger partial charge in [-0.15, -0.1) is 0 Å². The normalized spacial score (nSPS) is 22.1. The Hall–Kier alpha value is -1.12. The van der Waals surface area contributed by atoms with Gasteiger partial charge in [-0.1, -0.05) is 20.8 Å². The first-order valence-corrected chi connectivity index (χ1v) is 13.7.